The molecule has 24 heavy (non-hydrogen) atoms. The van der Waals surface area contributed by atoms with Crippen molar-refractivity contribution in [2.75, 3.05) is 18.4 Å². The molecule has 0 radical (unpaired) electrons. The highest BCUT2D eigenvalue weighted by atomic mass is 19.1. The van der Waals surface area contributed by atoms with Crippen molar-refractivity contribution in [1.82, 2.24) is 5.32 Å². The molecule has 1 amide bonds. The predicted molar refractivity (Wildman–Crippen MR) is 91.4 cm³/mol. The number of ether oxygens (including phenoxy) is 1. The van der Waals surface area contributed by atoms with E-state index in [1.54, 1.807) is 42.5 Å². The van der Waals surface area contributed by atoms with Gasteiger partial charge in [0.2, 0.25) is 5.91 Å². The van der Waals surface area contributed by atoms with Gasteiger partial charge >= 0.3 is 0 Å². The zero-order valence-corrected chi connectivity index (χ0v) is 13.4. The first-order chi connectivity index (χ1) is 11.7. The number of hydrogen-bond donors (Lipinski definition) is 2. The summed E-state index contributed by atoms with van der Waals surface area (Å²) in [5.74, 6) is 0.427. The molecule has 0 saturated carbocycles. The lowest BCUT2D eigenvalue weighted by Gasteiger charge is -2.21. The van der Waals surface area contributed by atoms with Crippen LogP contribution in [-0.4, -0.2) is 19.0 Å². The molecular weight excluding hydrogens is 307 g/mol. The summed E-state index contributed by atoms with van der Waals surface area (Å²) in [5.41, 5.74) is 1.25. The van der Waals surface area contributed by atoms with Crippen LogP contribution in [0.4, 0.5) is 10.1 Å². The standard InChI is InChI=1S/C19H21FN2O2/c20-18-6-2-1-4-15(18)13-24-17-9-7-16(8-10-17)22-19(23)14-5-3-11-21-12-14/h1-2,4,6-10,14,21H,3,5,11-13H2,(H,22,23). The molecule has 1 heterocycles. The maximum Gasteiger partial charge on any atom is 0.228 e. The van der Waals surface area contributed by atoms with Gasteiger partial charge in [-0.2, -0.15) is 0 Å². The third kappa shape index (κ3) is 4.32. The summed E-state index contributed by atoms with van der Waals surface area (Å²) in [6.45, 7) is 1.89. The van der Waals surface area contributed by atoms with Crippen molar-refractivity contribution in [2.24, 2.45) is 5.92 Å². The third-order valence-corrected chi connectivity index (χ3v) is 4.14. The van der Waals surface area contributed by atoms with Crippen LogP contribution in [0.5, 0.6) is 5.75 Å². The van der Waals surface area contributed by atoms with Gasteiger partial charge in [-0.1, -0.05) is 18.2 Å². The minimum Gasteiger partial charge on any atom is -0.489 e. The minimum atomic E-state index is -0.275. The normalized spacial score (nSPS) is 17.3. The smallest absolute Gasteiger partial charge is 0.228 e. The topological polar surface area (TPSA) is 50.4 Å². The molecule has 0 bridgehead atoms. The van der Waals surface area contributed by atoms with Crippen LogP contribution in [0.1, 0.15) is 18.4 Å². The summed E-state index contributed by atoms with van der Waals surface area (Å²) in [7, 11) is 0. The highest BCUT2D eigenvalue weighted by Gasteiger charge is 2.20. The van der Waals surface area contributed by atoms with Crippen LogP contribution in [0.15, 0.2) is 48.5 Å². The molecule has 4 nitrogen and oxygen atoms in total. The molecule has 0 spiro atoms. The molecule has 1 saturated heterocycles. The first kappa shape index (κ1) is 16.5. The third-order valence-electron chi connectivity index (χ3n) is 4.14. The maximum absolute atomic E-state index is 13.5. The first-order valence-corrected chi connectivity index (χ1v) is 8.20. The molecule has 2 N–H and O–H groups in total. The molecule has 3 rings (SSSR count). The van der Waals surface area contributed by atoms with Gasteiger partial charge in [0, 0.05) is 17.8 Å². The second-order valence-corrected chi connectivity index (χ2v) is 5.94. The van der Waals surface area contributed by atoms with Crippen molar-refractivity contribution < 1.29 is 13.9 Å². The van der Waals surface area contributed by atoms with Crippen molar-refractivity contribution in [3.63, 3.8) is 0 Å². The summed E-state index contributed by atoms with van der Waals surface area (Å²) in [4.78, 5) is 12.2. The Morgan fingerprint density at radius 3 is 2.71 bits per heavy atom. The number of piperidine rings is 1. The SMILES string of the molecule is O=C(Nc1ccc(OCc2ccccc2F)cc1)C1CCCNC1. The molecule has 1 fully saturated rings. The molecular formula is C19H21FN2O2. The number of amides is 1. The van der Waals surface area contributed by atoms with Crippen molar-refractivity contribution in [2.45, 2.75) is 19.4 Å². The lowest BCUT2D eigenvalue weighted by molar-refractivity contribution is -0.120. The van der Waals surface area contributed by atoms with Gasteiger partial charge in [-0.25, -0.2) is 4.39 Å². The molecule has 126 valence electrons. The molecule has 1 aliphatic heterocycles. The highest BCUT2D eigenvalue weighted by Crippen LogP contribution is 2.19. The van der Waals surface area contributed by atoms with Crippen LogP contribution in [-0.2, 0) is 11.4 Å². The minimum absolute atomic E-state index is 0.0238. The lowest BCUT2D eigenvalue weighted by Crippen LogP contribution is -2.37. The van der Waals surface area contributed by atoms with Gasteiger partial charge in [0.05, 0.1) is 5.92 Å². The largest absolute Gasteiger partial charge is 0.489 e. The number of nitrogens with one attached hydrogen (secondary N) is 2. The lowest BCUT2D eigenvalue weighted by atomic mass is 9.99. The van der Waals surface area contributed by atoms with Gasteiger partial charge in [0.15, 0.2) is 0 Å². The Morgan fingerprint density at radius 2 is 2.00 bits per heavy atom. The quantitative estimate of drug-likeness (QED) is 0.885. The summed E-state index contributed by atoms with van der Waals surface area (Å²) < 4.78 is 19.1. The maximum atomic E-state index is 13.5. The van der Waals surface area contributed by atoms with E-state index in [1.165, 1.54) is 6.07 Å². The fraction of sp³-hybridized carbons (Fsp3) is 0.316. The Balaban J connectivity index is 1.53. The van der Waals surface area contributed by atoms with E-state index in [0.29, 0.717) is 11.3 Å². The second kappa shape index (κ2) is 7.93. The molecule has 2 aromatic carbocycles. The summed E-state index contributed by atoms with van der Waals surface area (Å²) in [5, 5.41) is 6.16. The van der Waals surface area contributed by atoms with Gasteiger partial charge in [0.25, 0.3) is 0 Å². The van der Waals surface area contributed by atoms with Crippen molar-refractivity contribution >= 4 is 11.6 Å². The number of anilines is 1. The molecule has 0 aliphatic carbocycles. The van der Waals surface area contributed by atoms with Crippen molar-refractivity contribution in [3.05, 3.63) is 59.9 Å². The van der Waals surface area contributed by atoms with Gasteiger partial charge in [-0.15, -0.1) is 0 Å². The van der Waals surface area contributed by atoms with Crippen LogP contribution in [0.25, 0.3) is 0 Å². The summed E-state index contributed by atoms with van der Waals surface area (Å²) >= 11 is 0. The van der Waals surface area contributed by atoms with E-state index in [9.17, 15) is 9.18 Å². The average molecular weight is 328 g/mol. The molecule has 5 heteroatoms. The van der Waals surface area contributed by atoms with Crippen LogP contribution in [0.2, 0.25) is 0 Å². The van der Waals surface area contributed by atoms with E-state index in [-0.39, 0.29) is 24.2 Å². The number of benzene rings is 2. The van der Waals surface area contributed by atoms with E-state index in [0.717, 1.165) is 31.6 Å². The van der Waals surface area contributed by atoms with Crippen LogP contribution >= 0.6 is 0 Å². The van der Waals surface area contributed by atoms with Crippen molar-refractivity contribution in [3.8, 4) is 5.75 Å². The number of carbonyl (C=O) groups excluding carboxylic acids is 1. The monoisotopic (exact) mass is 328 g/mol. The fourth-order valence-electron chi connectivity index (χ4n) is 2.73. The Morgan fingerprint density at radius 1 is 1.21 bits per heavy atom. The average Bonchev–Trinajstić information content (AvgIpc) is 2.63. The van der Waals surface area contributed by atoms with E-state index < -0.39 is 0 Å². The molecule has 0 aromatic heterocycles. The predicted octanol–water partition coefficient (Wildman–Crippen LogP) is 3.34. The van der Waals surface area contributed by atoms with Gasteiger partial charge < -0.3 is 15.4 Å². The van der Waals surface area contributed by atoms with Crippen molar-refractivity contribution in [1.29, 1.82) is 0 Å². The molecule has 2 aromatic rings. The zero-order chi connectivity index (χ0) is 16.8. The molecule has 1 aliphatic rings. The van der Waals surface area contributed by atoms with E-state index in [4.69, 9.17) is 4.74 Å². The van der Waals surface area contributed by atoms with E-state index in [1.807, 2.05) is 0 Å². The summed E-state index contributed by atoms with van der Waals surface area (Å²) in [6, 6.07) is 13.7. The number of rotatable bonds is 5. The van der Waals surface area contributed by atoms with Gasteiger partial charge in [-0.05, 0) is 49.7 Å². The van der Waals surface area contributed by atoms with Gasteiger partial charge in [-0.3, -0.25) is 4.79 Å². The highest BCUT2D eigenvalue weighted by molar-refractivity contribution is 5.92. The number of halogens is 1. The van der Waals surface area contributed by atoms with Gasteiger partial charge in [0.1, 0.15) is 18.2 Å². The Bertz CT molecular complexity index is 682. The Hall–Kier alpha value is -2.40. The number of carbonyl (C=O) groups is 1. The fourth-order valence-corrected chi connectivity index (χ4v) is 2.73. The Kier molecular flexibility index (Phi) is 5.43. The number of hydrogen-bond acceptors (Lipinski definition) is 3. The molecule has 1 atom stereocenters. The van der Waals surface area contributed by atoms with Crippen LogP contribution in [0.3, 0.4) is 0 Å². The first-order valence-electron chi connectivity index (χ1n) is 8.20. The summed E-state index contributed by atoms with van der Waals surface area (Å²) in [6.07, 6.45) is 1.95. The van der Waals surface area contributed by atoms with Crippen LogP contribution < -0.4 is 15.4 Å². The van der Waals surface area contributed by atoms with E-state index in [2.05, 4.69) is 10.6 Å². The van der Waals surface area contributed by atoms with E-state index >= 15 is 0 Å². The van der Waals surface area contributed by atoms with Crippen LogP contribution in [0, 0.1) is 11.7 Å². The zero-order valence-electron chi connectivity index (χ0n) is 13.4. The Labute approximate surface area is 141 Å². The molecule has 1 unspecified atom stereocenters. The second-order valence-electron chi connectivity index (χ2n) is 5.94.